The molecule has 0 saturated carbocycles. The van der Waals surface area contributed by atoms with Crippen LogP contribution in [0.15, 0.2) is 23.2 Å². The van der Waals surface area contributed by atoms with Gasteiger partial charge in [-0.1, -0.05) is 11.6 Å². The summed E-state index contributed by atoms with van der Waals surface area (Å²) < 4.78 is 0. The molecule has 0 aromatic heterocycles. The van der Waals surface area contributed by atoms with Crippen molar-refractivity contribution in [1.29, 1.82) is 0 Å². The summed E-state index contributed by atoms with van der Waals surface area (Å²) in [5, 5.41) is 6.82. The molecule has 1 aromatic carbocycles. The number of guanidine groups is 1. The van der Waals surface area contributed by atoms with Gasteiger partial charge in [0.1, 0.15) is 0 Å². The number of hydrogen-bond donors (Lipinski definition) is 3. The average Bonchev–Trinajstić information content (AvgIpc) is 2.64. The average molecular weight is 211 g/mol. The predicted molar refractivity (Wildman–Crippen MR) is 59.8 cm³/mol. The van der Waals surface area contributed by atoms with Crippen molar-refractivity contribution in [3.8, 4) is 0 Å². The molecule has 0 bridgehead atoms. The standard InChI is InChI=1S/C9H11ClN4/c10-6-1-2-7(11)8(5-6)14-9-12-3-4-13-9/h1-2,5H,3-4,11H2,(H2,12,13,14). The van der Waals surface area contributed by atoms with Crippen molar-refractivity contribution < 1.29 is 0 Å². The van der Waals surface area contributed by atoms with Crippen LogP contribution in [-0.2, 0) is 0 Å². The Bertz CT molecular complexity index is 375. The summed E-state index contributed by atoms with van der Waals surface area (Å²) in [6.45, 7) is 1.66. The van der Waals surface area contributed by atoms with Gasteiger partial charge in [0.2, 0.25) is 0 Å². The molecule has 0 radical (unpaired) electrons. The molecule has 1 heterocycles. The third-order valence-corrected chi connectivity index (χ3v) is 2.18. The molecule has 1 aromatic rings. The van der Waals surface area contributed by atoms with E-state index in [4.69, 9.17) is 17.3 Å². The number of hydrogen-bond acceptors (Lipinski definition) is 4. The number of benzene rings is 1. The zero-order valence-electron chi connectivity index (χ0n) is 7.55. The zero-order valence-corrected chi connectivity index (χ0v) is 8.30. The summed E-state index contributed by atoms with van der Waals surface area (Å²) in [5.41, 5.74) is 7.20. The fraction of sp³-hybridized carbons (Fsp3) is 0.222. The Morgan fingerprint density at radius 3 is 3.07 bits per heavy atom. The van der Waals surface area contributed by atoms with Gasteiger partial charge in [0.05, 0.1) is 17.9 Å². The number of anilines is 2. The van der Waals surface area contributed by atoms with E-state index in [1.165, 1.54) is 0 Å². The summed E-state index contributed by atoms with van der Waals surface area (Å²) in [4.78, 5) is 4.20. The number of halogens is 1. The van der Waals surface area contributed by atoms with Crippen LogP contribution in [0.5, 0.6) is 0 Å². The molecule has 1 aliphatic heterocycles. The molecule has 2 rings (SSSR count). The van der Waals surface area contributed by atoms with E-state index in [9.17, 15) is 0 Å². The Morgan fingerprint density at radius 2 is 2.36 bits per heavy atom. The van der Waals surface area contributed by atoms with E-state index in [1.54, 1.807) is 18.2 Å². The maximum Gasteiger partial charge on any atom is 0.195 e. The van der Waals surface area contributed by atoms with E-state index in [0.717, 1.165) is 24.7 Å². The quantitative estimate of drug-likeness (QED) is 0.613. The van der Waals surface area contributed by atoms with Crippen LogP contribution in [0.4, 0.5) is 11.4 Å². The topological polar surface area (TPSA) is 62.4 Å². The first kappa shape index (κ1) is 9.15. The van der Waals surface area contributed by atoms with Gasteiger partial charge in [-0.25, -0.2) is 0 Å². The molecule has 14 heavy (non-hydrogen) atoms. The van der Waals surface area contributed by atoms with E-state index in [0.29, 0.717) is 10.7 Å². The lowest BCUT2D eigenvalue weighted by molar-refractivity contribution is 0.959. The molecule has 0 atom stereocenters. The summed E-state index contributed by atoms with van der Waals surface area (Å²) in [6, 6.07) is 5.30. The van der Waals surface area contributed by atoms with Gasteiger partial charge in [-0.2, -0.15) is 0 Å². The van der Waals surface area contributed by atoms with Crippen molar-refractivity contribution in [2.24, 2.45) is 4.99 Å². The van der Waals surface area contributed by atoms with Crippen LogP contribution in [0, 0.1) is 0 Å². The number of rotatable bonds is 1. The van der Waals surface area contributed by atoms with Gasteiger partial charge in [0, 0.05) is 11.6 Å². The Kier molecular flexibility index (Phi) is 2.45. The van der Waals surface area contributed by atoms with Gasteiger partial charge in [-0.3, -0.25) is 4.99 Å². The molecule has 0 aliphatic carbocycles. The fourth-order valence-corrected chi connectivity index (χ4v) is 1.42. The van der Waals surface area contributed by atoms with Crippen LogP contribution in [0.2, 0.25) is 5.02 Å². The molecule has 4 nitrogen and oxygen atoms in total. The van der Waals surface area contributed by atoms with Crippen LogP contribution in [0.25, 0.3) is 0 Å². The molecule has 0 fully saturated rings. The normalized spacial score (nSPS) is 14.8. The van der Waals surface area contributed by atoms with Crippen molar-refractivity contribution in [2.45, 2.75) is 0 Å². The lowest BCUT2D eigenvalue weighted by atomic mass is 10.3. The summed E-state index contributed by atoms with van der Waals surface area (Å²) in [6.07, 6.45) is 0. The zero-order chi connectivity index (χ0) is 9.97. The van der Waals surface area contributed by atoms with Crippen LogP contribution in [0.3, 0.4) is 0 Å². The number of nitrogens with two attached hydrogens (primary N) is 1. The molecule has 0 amide bonds. The number of nitrogen functional groups attached to an aromatic ring is 1. The van der Waals surface area contributed by atoms with E-state index in [1.807, 2.05) is 0 Å². The van der Waals surface area contributed by atoms with Crippen LogP contribution in [-0.4, -0.2) is 19.0 Å². The minimum atomic E-state index is 0.653. The van der Waals surface area contributed by atoms with Crippen LogP contribution in [0.1, 0.15) is 0 Å². The first-order valence-corrected chi connectivity index (χ1v) is 4.74. The lowest BCUT2D eigenvalue weighted by Gasteiger charge is -2.09. The molecule has 5 heteroatoms. The third-order valence-electron chi connectivity index (χ3n) is 1.94. The van der Waals surface area contributed by atoms with Crippen molar-refractivity contribution >= 4 is 28.9 Å². The highest BCUT2D eigenvalue weighted by atomic mass is 35.5. The van der Waals surface area contributed by atoms with E-state index in [-0.39, 0.29) is 0 Å². The van der Waals surface area contributed by atoms with Gasteiger partial charge >= 0.3 is 0 Å². The van der Waals surface area contributed by atoms with Crippen molar-refractivity contribution in [2.75, 3.05) is 24.1 Å². The summed E-state index contributed by atoms with van der Waals surface area (Å²) in [5.74, 6) is 0.749. The Morgan fingerprint density at radius 1 is 1.50 bits per heavy atom. The highest BCUT2D eigenvalue weighted by molar-refractivity contribution is 6.31. The second-order valence-electron chi connectivity index (χ2n) is 3.01. The van der Waals surface area contributed by atoms with Crippen molar-refractivity contribution in [3.05, 3.63) is 23.2 Å². The number of nitrogens with one attached hydrogen (secondary N) is 2. The highest BCUT2D eigenvalue weighted by Crippen LogP contribution is 2.22. The van der Waals surface area contributed by atoms with Crippen molar-refractivity contribution in [3.63, 3.8) is 0 Å². The van der Waals surface area contributed by atoms with E-state index >= 15 is 0 Å². The van der Waals surface area contributed by atoms with E-state index in [2.05, 4.69) is 15.6 Å². The molecule has 4 N–H and O–H groups in total. The highest BCUT2D eigenvalue weighted by Gasteiger charge is 2.06. The van der Waals surface area contributed by atoms with Gasteiger partial charge in [0.15, 0.2) is 5.96 Å². The van der Waals surface area contributed by atoms with Gasteiger partial charge in [-0.05, 0) is 18.2 Å². The molecule has 0 saturated heterocycles. The monoisotopic (exact) mass is 210 g/mol. The lowest BCUT2D eigenvalue weighted by Crippen LogP contribution is -2.26. The molecule has 0 unspecified atom stereocenters. The second-order valence-corrected chi connectivity index (χ2v) is 3.45. The van der Waals surface area contributed by atoms with Gasteiger partial charge in [-0.15, -0.1) is 0 Å². The molecular weight excluding hydrogens is 200 g/mol. The Balaban J connectivity index is 2.19. The Labute approximate surface area is 87.2 Å². The number of nitrogens with zero attached hydrogens (tertiary/aromatic N) is 1. The summed E-state index contributed by atoms with van der Waals surface area (Å²) >= 11 is 5.85. The van der Waals surface area contributed by atoms with Crippen LogP contribution < -0.4 is 16.4 Å². The summed E-state index contributed by atoms with van der Waals surface area (Å²) in [7, 11) is 0. The predicted octanol–water partition coefficient (Wildman–Crippen LogP) is 1.29. The minimum absolute atomic E-state index is 0.653. The molecule has 1 aliphatic rings. The van der Waals surface area contributed by atoms with Crippen molar-refractivity contribution in [1.82, 2.24) is 5.32 Å². The van der Waals surface area contributed by atoms with E-state index < -0.39 is 0 Å². The van der Waals surface area contributed by atoms with Gasteiger partial charge in [0.25, 0.3) is 0 Å². The number of aliphatic imine (C=N–C) groups is 1. The minimum Gasteiger partial charge on any atom is -0.397 e. The first-order valence-electron chi connectivity index (χ1n) is 4.36. The Hall–Kier alpha value is -1.42. The molecule has 74 valence electrons. The fourth-order valence-electron chi connectivity index (χ4n) is 1.25. The maximum absolute atomic E-state index is 5.85. The SMILES string of the molecule is Nc1ccc(Cl)cc1NC1=NCCN1. The second kappa shape index (κ2) is 3.75. The van der Waals surface area contributed by atoms with Gasteiger partial charge < -0.3 is 16.4 Å². The smallest absolute Gasteiger partial charge is 0.195 e. The molecule has 0 spiro atoms. The first-order chi connectivity index (χ1) is 6.75. The molecular formula is C9H11ClN4. The maximum atomic E-state index is 5.85. The van der Waals surface area contributed by atoms with Crippen LogP contribution >= 0.6 is 11.6 Å². The third kappa shape index (κ3) is 1.90. The largest absolute Gasteiger partial charge is 0.397 e.